The average Bonchev–Trinajstić information content (AvgIpc) is 2.54. The number of likely N-dealkylation sites (tertiary alicyclic amines) is 1. The molecule has 1 aliphatic rings. The standard InChI is InChI=1S/C16H20N2O3/c1-20-15-4-3-12(9-14(15)10-17)11-18-7-5-13(6-8-18)16(19)21-2/h3-4,9,13H,5-8,11H2,1-2H3. The second kappa shape index (κ2) is 7.09. The van der Waals surface area contributed by atoms with E-state index in [4.69, 9.17) is 14.7 Å². The molecule has 0 aromatic heterocycles. The summed E-state index contributed by atoms with van der Waals surface area (Å²) in [6.07, 6.45) is 1.65. The number of carbonyl (C=O) groups is 1. The molecule has 1 fully saturated rings. The van der Waals surface area contributed by atoms with E-state index in [2.05, 4.69) is 11.0 Å². The topological polar surface area (TPSA) is 62.6 Å². The Morgan fingerprint density at radius 1 is 1.38 bits per heavy atom. The summed E-state index contributed by atoms with van der Waals surface area (Å²) in [6.45, 7) is 2.52. The monoisotopic (exact) mass is 288 g/mol. The molecule has 0 N–H and O–H groups in total. The highest BCUT2D eigenvalue weighted by Crippen LogP contribution is 2.23. The predicted octanol–water partition coefficient (Wildman–Crippen LogP) is 1.95. The van der Waals surface area contributed by atoms with Gasteiger partial charge in [-0.1, -0.05) is 6.07 Å². The molecule has 2 rings (SSSR count). The molecule has 112 valence electrons. The van der Waals surface area contributed by atoms with Crippen molar-refractivity contribution < 1.29 is 14.3 Å². The van der Waals surface area contributed by atoms with Crippen LogP contribution in [0.25, 0.3) is 0 Å². The van der Waals surface area contributed by atoms with Crippen molar-refractivity contribution >= 4 is 5.97 Å². The zero-order valence-corrected chi connectivity index (χ0v) is 12.5. The molecule has 0 unspecified atom stereocenters. The van der Waals surface area contributed by atoms with Gasteiger partial charge >= 0.3 is 5.97 Å². The maximum atomic E-state index is 11.5. The number of nitrogens with zero attached hydrogens (tertiary/aromatic N) is 2. The molecule has 1 heterocycles. The highest BCUT2D eigenvalue weighted by Gasteiger charge is 2.25. The number of benzene rings is 1. The lowest BCUT2D eigenvalue weighted by Gasteiger charge is -2.30. The van der Waals surface area contributed by atoms with Crippen LogP contribution in [0.2, 0.25) is 0 Å². The molecule has 21 heavy (non-hydrogen) atoms. The molecule has 1 saturated heterocycles. The van der Waals surface area contributed by atoms with Gasteiger partial charge in [0.25, 0.3) is 0 Å². The highest BCUT2D eigenvalue weighted by atomic mass is 16.5. The van der Waals surface area contributed by atoms with Crippen LogP contribution in [0.1, 0.15) is 24.0 Å². The first-order valence-electron chi connectivity index (χ1n) is 7.05. The fourth-order valence-electron chi connectivity index (χ4n) is 2.69. The molecule has 1 aromatic rings. The SMILES string of the molecule is COC(=O)C1CCN(Cc2ccc(OC)c(C#N)c2)CC1. The molecular formula is C16H20N2O3. The molecule has 0 saturated carbocycles. The van der Waals surface area contributed by atoms with Crippen molar-refractivity contribution in [2.75, 3.05) is 27.3 Å². The number of piperidine rings is 1. The normalized spacial score (nSPS) is 16.2. The van der Waals surface area contributed by atoms with E-state index in [0.29, 0.717) is 11.3 Å². The summed E-state index contributed by atoms with van der Waals surface area (Å²) in [5.41, 5.74) is 1.64. The van der Waals surface area contributed by atoms with Crippen molar-refractivity contribution in [1.82, 2.24) is 4.90 Å². The number of ether oxygens (including phenoxy) is 2. The van der Waals surface area contributed by atoms with Crippen LogP contribution in [-0.2, 0) is 16.1 Å². The fourth-order valence-corrected chi connectivity index (χ4v) is 2.69. The third kappa shape index (κ3) is 3.73. The van der Waals surface area contributed by atoms with Crippen LogP contribution >= 0.6 is 0 Å². The minimum atomic E-state index is -0.106. The second-order valence-electron chi connectivity index (χ2n) is 5.22. The molecule has 0 radical (unpaired) electrons. The van der Waals surface area contributed by atoms with Crippen LogP contribution in [0, 0.1) is 17.2 Å². The van der Waals surface area contributed by atoms with Crippen LogP contribution in [-0.4, -0.2) is 38.2 Å². The number of nitriles is 1. The number of hydrogen-bond donors (Lipinski definition) is 0. The van der Waals surface area contributed by atoms with Crippen molar-refractivity contribution in [3.8, 4) is 11.8 Å². The number of hydrogen-bond acceptors (Lipinski definition) is 5. The van der Waals surface area contributed by atoms with E-state index in [1.54, 1.807) is 7.11 Å². The van der Waals surface area contributed by atoms with Gasteiger partial charge in [-0.25, -0.2) is 0 Å². The smallest absolute Gasteiger partial charge is 0.308 e. The van der Waals surface area contributed by atoms with Crippen molar-refractivity contribution in [3.63, 3.8) is 0 Å². The Bertz CT molecular complexity index is 543. The Morgan fingerprint density at radius 3 is 2.67 bits per heavy atom. The first-order valence-corrected chi connectivity index (χ1v) is 7.05. The number of carbonyl (C=O) groups excluding carboxylic acids is 1. The van der Waals surface area contributed by atoms with Crippen molar-refractivity contribution in [3.05, 3.63) is 29.3 Å². The quantitative estimate of drug-likeness (QED) is 0.792. The number of esters is 1. The predicted molar refractivity (Wildman–Crippen MR) is 77.7 cm³/mol. The lowest BCUT2D eigenvalue weighted by molar-refractivity contribution is -0.147. The summed E-state index contributed by atoms with van der Waals surface area (Å²) in [7, 11) is 3.00. The van der Waals surface area contributed by atoms with E-state index in [0.717, 1.165) is 38.0 Å². The van der Waals surface area contributed by atoms with Gasteiger partial charge in [-0.2, -0.15) is 5.26 Å². The van der Waals surface area contributed by atoms with Gasteiger partial charge in [-0.05, 0) is 43.6 Å². The van der Waals surface area contributed by atoms with Gasteiger partial charge in [-0.15, -0.1) is 0 Å². The summed E-state index contributed by atoms with van der Waals surface area (Å²) in [5.74, 6) is 0.522. The van der Waals surface area contributed by atoms with Gasteiger partial charge in [0, 0.05) is 6.54 Å². The van der Waals surface area contributed by atoms with Crippen molar-refractivity contribution in [1.29, 1.82) is 5.26 Å². The van der Waals surface area contributed by atoms with Crippen LogP contribution in [0.3, 0.4) is 0 Å². The second-order valence-corrected chi connectivity index (χ2v) is 5.22. The van der Waals surface area contributed by atoms with Gasteiger partial charge in [0.15, 0.2) is 0 Å². The summed E-state index contributed by atoms with van der Waals surface area (Å²) < 4.78 is 9.94. The molecule has 1 aromatic carbocycles. The Balaban J connectivity index is 1.95. The van der Waals surface area contributed by atoms with E-state index in [-0.39, 0.29) is 11.9 Å². The lowest BCUT2D eigenvalue weighted by atomic mass is 9.96. The maximum Gasteiger partial charge on any atom is 0.308 e. The van der Waals surface area contributed by atoms with Crippen molar-refractivity contribution in [2.24, 2.45) is 5.92 Å². The van der Waals surface area contributed by atoms with E-state index >= 15 is 0 Å². The Morgan fingerprint density at radius 2 is 2.10 bits per heavy atom. The molecule has 1 aliphatic heterocycles. The Hall–Kier alpha value is -2.06. The Kier molecular flexibility index (Phi) is 5.18. The van der Waals surface area contributed by atoms with E-state index in [1.165, 1.54) is 7.11 Å². The van der Waals surface area contributed by atoms with Gasteiger partial charge in [0.05, 0.1) is 25.7 Å². The van der Waals surface area contributed by atoms with Gasteiger partial charge < -0.3 is 9.47 Å². The minimum Gasteiger partial charge on any atom is -0.495 e. The number of rotatable bonds is 4. The maximum absolute atomic E-state index is 11.5. The lowest BCUT2D eigenvalue weighted by Crippen LogP contribution is -2.36. The van der Waals surface area contributed by atoms with Crippen LogP contribution < -0.4 is 4.74 Å². The van der Waals surface area contributed by atoms with E-state index in [9.17, 15) is 4.79 Å². The van der Waals surface area contributed by atoms with Crippen LogP contribution in [0.15, 0.2) is 18.2 Å². The zero-order valence-electron chi connectivity index (χ0n) is 12.5. The van der Waals surface area contributed by atoms with E-state index in [1.807, 2.05) is 18.2 Å². The summed E-state index contributed by atoms with van der Waals surface area (Å²) >= 11 is 0. The largest absolute Gasteiger partial charge is 0.495 e. The van der Waals surface area contributed by atoms with Crippen molar-refractivity contribution in [2.45, 2.75) is 19.4 Å². The third-order valence-electron chi connectivity index (χ3n) is 3.91. The molecule has 0 amide bonds. The first kappa shape index (κ1) is 15.3. The third-order valence-corrected chi connectivity index (χ3v) is 3.91. The molecule has 0 spiro atoms. The summed E-state index contributed by atoms with van der Waals surface area (Å²) in [4.78, 5) is 13.8. The molecular weight excluding hydrogens is 268 g/mol. The van der Waals surface area contributed by atoms with Gasteiger partial charge in [0.2, 0.25) is 0 Å². The summed E-state index contributed by atoms with van der Waals surface area (Å²) in [5, 5.41) is 9.11. The van der Waals surface area contributed by atoms with Crippen LogP contribution in [0.5, 0.6) is 5.75 Å². The van der Waals surface area contributed by atoms with E-state index < -0.39 is 0 Å². The highest BCUT2D eigenvalue weighted by molar-refractivity contribution is 5.72. The van der Waals surface area contributed by atoms with Gasteiger partial charge in [0.1, 0.15) is 11.8 Å². The average molecular weight is 288 g/mol. The van der Waals surface area contributed by atoms with Gasteiger partial charge in [-0.3, -0.25) is 9.69 Å². The van der Waals surface area contributed by atoms with Crippen LogP contribution in [0.4, 0.5) is 0 Å². The molecule has 5 nitrogen and oxygen atoms in total. The molecule has 0 bridgehead atoms. The first-order chi connectivity index (χ1) is 10.2. The zero-order chi connectivity index (χ0) is 15.2. The molecule has 0 aliphatic carbocycles. The fraction of sp³-hybridized carbons (Fsp3) is 0.500. The Labute approximate surface area is 125 Å². The minimum absolute atomic E-state index is 0.0248. The molecule has 0 atom stereocenters. The number of methoxy groups -OCH3 is 2. The summed E-state index contributed by atoms with van der Waals surface area (Å²) in [6, 6.07) is 7.82. The molecule has 5 heteroatoms.